The Morgan fingerprint density at radius 1 is 1.21 bits per heavy atom. The largest absolute Gasteiger partial charge is 0.573 e. The van der Waals surface area contributed by atoms with Gasteiger partial charge in [-0.25, -0.2) is 23.1 Å². The van der Waals surface area contributed by atoms with Gasteiger partial charge < -0.3 is 10.1 Å². The highest BCUT2D eigenvalue weighted by molar-refractivity contribution is 7.89. The smallest absolute Gasteiger partial charge is 0.404 e. The molecular formula is C12H10ClF3N4O3S. The van der Waals surface area contributed by atoms with E-state index in [4.69, 9.17) is 11.6 Å². The highest BCUT2D eigenvalue weighted by Gasteiger charge is 2.32. The van der Waals surface area contributed by atoms with Crippen LogP contribution in [0.15, 0.2) is 35.5 Å². The number of benzene rings is 1. The third kappa shape index (κ3) is 4.69. The maximum atomic E-state index is 12.5. The van der Waals surface area contributed by atoms with Crippen LogP contribution in [0, 0.1) is 0 Å². The van der Waals surface area contributed by atoms with Crippen molar-refractivity contribution in [3.63, 3.8) is 0 Å². The Morgan fingerprint density at radius 2 is 1.92 bits per heavy atom. The van der Waals surface area contributed by atoms with Crippen LogP contribution in [-0.4, -0.2) is 31.8 Å². The van der Waals surface area contributed by atoms with Crippen molar-refractivity contribution in [3.05, 3.63) is 35.7 Å². The second-order valence-corrected chi connectivity index (χ2v) is 6.54. The highest BCUT2D eigenvalue weighted by atomic mass is 35.5. The second-order valence-electron chi connectivity index (χ2n) is 4.26. The van der Waals surface area contributed by atoms with Gasteiger partial charge in [0.1, 0.15) is 17.3 Å². The molecule has 2 N–H and O–H groups in total. The molecule has 0 radical (unpaired) electrons. The molecule has 130 valence electrons. The minimum atomic E-state index is -4.96. The van der Waals surface area contributed by atoms with Crippen LogP contribution in [-0.2, 0) is 10.0 Å². The number of hydrogen-bond donors (Lipinski definition) is 2. The van der Waals surface area contributed by atoms with Gasteiger partial charge in [-0.1, -0.05) is 11.6 Å². The third-order valence-electron chi connectivity index (χ3n) is 2.65. The molecule has 2 rings (SSSR count). The van der Waals surface area contributed by atoms with Crippen molar-refractivity contribution in [3.8, 4) is 5.75 Å². The number of nitrogens with zero attached hydrogens (tertiary/aromatic N) is 2. The van der Waals surface area contributed by atoms with E-state index in [1.54, 1.807) is 0 Å². The molecule has 0 bridgehead atoms. The van der Waals surface area contributed by atoms with Crippen molar-refractivity contribution in [2.75, 3.05) is 12.4 Å². The van der Waals surface area contributed by atoms with Crippen LogP contribution in [0.4, 0.5) is 24.7 Å². The molecule has 0 aliphatic heterocycles. The first-order chi connectivity index (χ1) is 11.1. The number of nitrogens with one attached hydrogen (secondary N) is 2. The van der Waals surface area contributed by atoms with Crippen molar-refractivity contribution < 1.29 is 26.3 Å². The summed E-state index contributed by atoms with van der Waals surface area (Å²) in [7, 11) is -2.69. The summed E-state index contributed by atoms with van der Waals surface area (Å²) in [5, 5.41) is 2.57. The summed E-state index contributed by atoms with van der Waals surface area (Å²) >= 11 is 5.68. The molecule has 0 aliphatic rings. The van der Waals surface area contributed by atoms with Gasteiger partial charge in [-0.3, -0.25) is 0 Å². The quantitative estimate of drug-likeness (QED) is 0.772. The fourth-order valence-corrected chi connectivity index (χ4v) is 2.55. The van der Waals surface area contributed by atoms with E-state index in [2.05, 4.69) is 24.7 Å². The normalized spacial score (nSPS) is 12.0. The van der Waals surface area contributed by atoms with E-state index < -0.39 is 22.1 Å². The summed E-state index contributed by atoms with van der Waals surface area (Å²) in [6.07, 6.45) is -3.87. The summed E-state index contributed by atoms with van der Waals surface area (Å²) < 4.78 is 67.1. The Kier molecular flexibility index (Phi) is 5.16. The first kappa shape index (κ1) is 18.2. The molecule has 1 aromatic heterocycles. The molecule has 0 saturated heterocycles. The second kappa shape index (κ2) is 6.79. The van der Waals surface area contributed by atoms with E-state index in [9.17, 15) is 21.6 Å². The van der Waals surface area contributed by atoms with Crippen molar-refractivity contribution in [1.82, 2.24) is 14.7 Å². The van der Waals surface area contributed by atoms with E-state index in [-0.39, 0.29) is 21.6 Å². The molecule has 1 aromatic carbocycles. The monoisotopic (exact) mass is 382 g/mol. The maximum absolute atomic E-state index is 12.5. The Hall–Kier alpha value is -2.11. The summed E-state index contributed by atoms with van der Waals surface area (Å²) in [6.45, 7) is 0. The molecule has 0 amide bonds. The standard InChI is InChI=1S/C12H10ClF3N4O3S/c1-17-24(21,22)7-2-3-9(23-12(14,15)16)8(4-7)20-11-5-10(13)18-6-19-11/h2-6,17H,1H3,(H,18,19,20). The van der Waals surface area contributed by atoms with E-state index in [1.807, 2.05) is 0 Å². The van der Waals surface area contributed by atoms with Gasteiger partial charge in [0.15, 0.2) is 5.75 Å². The van der Waals surface area contributed by atoms with Crippen molar-refractivity contribution in [2.45, 2.75) is 11.3 Å². The number of aromatic nitrogens is 2. The topological polar surface area (TPSA) is 93.2 Å². The molecule has 0 unspecified atom stereocenters. The molecule has 0 saturated carbocycles. The lowest BCUT2D eigenvalue weighted by atomic mass is 10.3. The SMILES string of the molecule is CNS(=O)(=O)c1ccc(OC(F)(F)F)c(Nc2cc(Cl)ncn2)c1. The van der Waals surface area contributed by atoms with Crippen molar-refractivity contribution >= 4 is 33.1 Å². The van der Waals surface area contributed by atoms with Gasteiger partial charge in [-0.2, -0.15) is 0 Å². The van der Waals surface area contributed by atoms with Crippen LogP contribution in [0.3, 0.4) is 0 Å². The fourth-order valence-electron chi connectivity index (χ4n) is 1.65. The number of rotatable bonds is 5. The molecule has 0 atom stereocenters. The lowest BCUT2D eigenvalue weighted by molar-refractivity contribution is -0.274. The number of ether oxygens (including phenoxy) is 1. The number of alkyl halides is 3. The fraction of sp³-hybridized carbons (Fsp3) is 0.167. The number of hydrogen-bond acceptors (Lipinski definition) is 6. The van der Waals surface area contributed by atoms with Gasteiger partial charge in [0.2, 0.25) is 10.0 Å². The molecule has 12 heteroatoms. The van der Waals surface area contributed by atoms with Crippen molar-refractivity contribution in [1.29, 1.82) is 0 Å². The van der Waals surface area contributed by atoms with E-state index in [1.165, 1.54) is 13.1 Å². The third-order valence-corrected chi connectivity index (χ3v) is 4.27. The molecule has 0 aliphatic carbocycles. The van der Waals surface area contributed by atoms with Gasteiger partial charge in [0, 0.05) is 6.07 Å². The highest BCUT2D eigenvalue weighted by Crippen LogP contribution is 2.34. The lowest BCUT2D eigenvalue weighted by Gasteiger charge is -2.15. The van der Waals surface area contributed by atoms with Crippen LogP contribution in [0.5, 0.6) is 5.75 Å². The average molecular weight is 383 g/mol. The number of sulfonamides is 1. The van der Waals surface area contributed by atoms with Crippen LogP contribution < -0.4 is 14.8 Å². The molecule has 24 heavy (non-hydrogen) atoms. The molecule has 7 nitrogen and oxygen atoms in total. The van der Waals surface area contributed by atoms with Gasteiger partial charge in [0.25, 0.3) is 0 Å². The van der Waals surface area contributed by atoms with Gasteiger partial charge in [-0.05, 0) is 25.2 Å². The number of halogens is 4. The maximum Gasteiger partial charge on any atom is 0.573 e. The summed E-state index contributed by atoms with van der Waals surface area (Å²) in [5.41, 5.74) is -0.265. The van der Waals surface area contributed by atoms with Crippen LogP contribution >= 0.6 is 11.6 Å². The lowest BCUT2D eigenvalue weighted by Crippen LogP contribution is -2.20. The van der Waals surface area contributed by atoms with Crippen molar-refractivity contribution in [2.24, 2.45) is 0 Å². The molecule has 0 spiro atoms. The zero-order valence-electron chi connectivity index (χ0n) is 11.9. The summed E-state index contributed by atoms with van der Waals surface area (Å²) in [4.78, 5) is 7.14. The van der Waals surface area contributed by atoms with E-state index >= 15 is 0 Å². The van der Waals surface area contributed by atoms with Crippen LogP contribution in [0.25, 0.3) is 0 Å². The first-order valence-corrected chi connectivity index (χ1v) is 8.05. The van der Waals surface area contributed by atoms with Crippen LogP contribution in [0.1, 0.15) is 0 Å². The Bertz CT molecular complexity index is 846. The van der Waals surface area contributed by atoms with Crippen LogP contribution in [0.2, 0.25) is 5.15 Å². The number of anilines is 2. The Morgan fingerprint density at radius 3 is 2.50 bits per heavy atom. The minimum absolute atomic E-state index is 0.0461. The average Bonchev–Trinajstić information content (AvgIpc) is 2.47. The summed E-state index contributed by atoms with van der Waals surface area (Å²) in [6, 6.07) is 4.08. The van der Waals surface area contributed by atoms with E-state index in [0.29, 0.717) is 0 Å². The summed E-state index contributed by atoms with van der Waals surface area (Å²) in [5.74, 6) is -0.576. The predicted molar refractivity (Wildman–Crippen MR) is 79.7 cm³/mol. The van der Waals surface area contributed by atoms with Gasteiger partial charge in [-0.15, -0.1) is 13.2 Å². The van der Waals surface area contributed by atoms with Gasteiger partial charge >= 0.3 is 6.36 Å². The van der Waals surface area contributed by atoms with Gasteiger partial charge in [0.05, 0.1) is 10.6 Å². The predicted octanol–water partition coefficient (Wildman–Crippen LogP) is 2.68. The zero-order valence-corrected chi connectivity index (χ0v) is 13.5. The minimum Gasteiger partial charge on any atom is -0.404 e. The molecule has 1 heterocycles. The van der Waals surface area contributed by atoms with E-state index in [0.717, 1.165) is 24.5 Å². The Labute approximate surface area is 139 Å². The Balaban J connectivity index is 2.49. The molecule has 2 aromatic rings. The first-order valence-electron chi connectivity index (χ1n) is 6.18. The molecular weight excluding hydrogens is 373 g/mol. The zero-order chi connectivity index (χ0) is 18.0. The molecule has 0 fully saturated rings.